The van der Waals surface area contributed by atoms with Crippen LogP contribution in [0.2, 0.25) is 0 Å². The van der Waals surface area contributed by atoms with Gasteiger partial charge in [-0.2, -0.15) is 0 Å². The number of benzene rings is 2. The molecule has 9 heteroatoms. The Morgan fingerprint density at radius 1 is 1.16 bits per heavy atom. The summed E-state index contributed by atoms with van der Waals surface area (Å²) in [5.41, 5.74) is 6.96. The van der Waals surface area contributed by atoms with Crippen molar-refractivity contribution in [2.75, 3.05) is 13.7 Å². The van der Waals surface area contributed by atoms with Crippen molar-refractivity contribution in [3.05, 3.63) is 71.9 Å². The summed E-state index contributed by atoms with van der Waals surface area (Å²) in [5.74, 6) is -1.03. The summed E-state index contributed by atoms with van der Waals surface area (Å²) >= 11 is 0. The molecule has 5 N–H and O–H groups in total. The molecule has 9 nitrogen and oxygen atoms in total. The molecule has 0 saturated carbocycles. The minimum atomic E-state index is -0.761. The summed E-state index contributed by atoms with van der Waals surface area (Å²) in [5, 5.41) is 8.23. The Labute approximate surface area is 179 Å². The van der Waals surface area contributed by atoms with Gasteiger partial charge in [-0.05, 0) is 23.3 Å². The number of hydrogen-bond donors (Lipinski definition) is 4. The number of nitrogens with two attached hydrogens (primary N) is 1. The Morgan fingerprint density at radius 2 is 1.90 bits per heavy atom. The van der Waals surface area contributed by atoms with E-state index in [9.17, 15) is 14.4 Å². The molecule has 0 radical (unpaired) electrons. The van der Waals surface area contributed by atoms with E-state index in [1.54, 1.807) is 18.2 Å². The first kappa shape index (κ1) is 21.7. The van der Waals surface area contributed by atoms with E-state index in [1.807, 2.05) is 30.3 Å². The van der Waals surface area contributed by atoms with Crippen LogP contribution in [0.4, 0.5) is 4.79 Å². The molecule has 0 bridgehead atoms. The van der Waals surface area contributed by atoms with E-state index in [4.69, 9.17) is 15.2 Å². The first-order chi connectivity index (χ1) is 14.9. The van der Waals surface area contributed by atoms with Gasteiger partial charge in [0.2, 0.25) is 5.91 Å². The molecule has 1 heterocycles. The zero-order valence-corrected chi connectivity index (χ0v) is 17.0. The van der Waals surface area contributed by atoms with Gasteiger partial charge in [0.15, 0.2) is 18.1 Å². The Morgan fingerprint density at radius 3 is 2.58 bits per heavy atom. The van der Waals surface area contributed by atoms with Crippen LogP contribution in [0.15, 0.2) is 60.8 Å². The highest BCUT2D eigenvalue weighted by atomic mass is 16.5. The second-order valence-electron chi connectivity index (χ2n) is 6.95. The molecule has 1 aliphatic heterocycles. The maximum atomic E-state index is 13.0. The SMILES string of the molecule is C=C1NC(=O)NC(c2ccc(OCC(N)=O)c(OC)c2)C1C(=O)NCc1ccccc1. The van der Waals surface area contributed by atoms with Crippen LogP contribution in [-0.4, -0.2) is 31.6 Å². The number of ether oxygens (including phenoxy) is 2. The van der Waals surface area contributed by atoms with Crippen molar-refractivity contribution in [2.24, 2.45) is 11.7 Å². The normalized spacial score (nSPS) is 17.8. The molecule has 162 valence electrons. The summed E-state index contributed by atoms with van der Waals surface area (Å²) < 4.78 is 10.7. The van der Waals surface area contributed by atoms with Gasteiger partial charge in [-0.15, -0.1) is 0 Å². The van der Waals surface area contributed by atoms with Gasteiger partial charge in [0, 0.05) is 12.2 Å². The quantitative estimate of drug-likeness (QED) is 0.508. The molecule has 1 aliphatic rings. The number of rotatable bonds is 8. The predicted octanol–water partition coefficient (Wildman–Crippen LogP) is 1.36. The number of nitrogens with one attached hydrogen (secondary N) is 3. The lowest BCUT2D eigenvalue weighted by Gasteiger charge is -2.34. The zero-order chi connectivity index (χ0) is 22.4. The van der Waals surface area contributed by atoms with E-state index < -0.39 is 23.9 Å². The topological polar surface area (TPSA) is 132 Å². The number of amides is 4. The number of methoxy groups -OCH3 is 1. The van der Waals surface area contributed by atoms with Crippen LogP contribution in [0.3, 0.4) is 0 Å². The van der Waals surface area contributed by atoms with Gasteiger partial charge in [0.25, 0.3) is 5.91 Å². The fourth-order valence-electron chi connectivity index (χ4n) is 3.31. The molecule has 2 aromatic rings. The fraction of sp³-hybridized carbons (Fsp3) is 0.227. The van der Waals surface area contributed by atoms with E-state index in [1.165, 1.54) is 7.11 Å². The van der Waals surface area contributed by atoms with Crippen LogP contribution in [-0.2, 0) is 16.1 Å². The van der Waals surface area contributed by atoms with Crippen molar-refractivity contribution in [3.63, 3.8) is 0 Å². The molecule has 31 heavy (non-hydrogen) atoms. The minimum Gasteiger partial charge on any atom is -0.493 e. The summed E-state index contributed by atoms with van der Waals surface area (Å²) in [4.78, 5) is 36.1. The van der Waals surface area contributed by atoms with Gasteiger partial charge in [-0.3, -0.25) is 9.59 Å². The summed E-state index contributed by atoms with van der Waals surface area (Å²) in [7, 11) is 1.44. The minimum absolute atomic E-state index is 0.285. The number of hydrogen-bond acceptors (Lipinski definition) is 5. The van der Waals surface area contributed by atoms with Crippen LogP contribution in [0, 0.1) is 5.92 Å². The maximum Gasteiger partial charge on any atom is 0.319 e. The largest absolute Gasteiger partial charge is 0.493 e. The summed E-state index contributed by atoms with van der Waals surface area (Å²) in [6.45, 7) is 3.90. The van der Waals surface area contributed by atoms with Crippen LogP contribution < -0.4 is 31.2 Å². The van der Waals surface area contributed by atoms with Gasteiger partial charge in [-0.25, -0.2) is 4.79 Å². The maximum absolute atomic E-state index is 13.0. The Kier molecular flexibility index (Phi) is 6.76. The smallest absolute Gasteiger partial charge is 0.319 e. The van der Waals surface area contributed by atoms with Crippen LogP contribution in [0.1, 0.15) is 17.2 Å². The molecule has 4 amide bonds. The first-order valence-electron chi connectivity index (χ1n) is 9.56. The Hall–Kier alpha value is -4.01. The Bertz CT molecular complexity index is 993. The third kappa shape index (κ3) is 5.33. The molecule has 2 unspecified atom stereocenters. The van der Waals surface area contributed by atoms with E-state index in [0.29, 0.717) is 23.6 Å². The third-order valence-electron chi connectivity index (χ3n) is 4.78. The van der Waals surface area contributed by atoms with E-state index >= 15 is 0 Å². The van der Waals surface area contributed by atoms with E-state index in [0.717, 1.165) is 5.56 Å². The molecule has 2 atom stereocenters. The highest BCUT2D eigenvalue weighted by molar-refractivity contribution is 5.88. The summed E-state index contributed by atoms with van der Waals surface area (Å²) in [6, 6.07) is 13.2. The number of carbonyl (C=O) groups is 3. The van der Waals surface area contributed by atoms with E-state index in [-0.39, 0.29) is 18.2 Å². The monoisotopic (exact) mass is 424 g/mol. The molecule has 2 aromatic carbocycles. The van der Waals surface area contributed by atoms with Crippen LogP contribution >= 0.6 is 0 Å². The van der Waals surface area contributed by atoms with E-state index in [2.05, 4.69) is 22.5 Å². The van der Waals surface area contributed by atoms with Crippen molar-refractivity contribution >= 4 is 17.8 Å². The second-order valence-corrected chi connectivity index (χ2v) is 6.95. The molecule has 1 fully saturated rings. The summed E-state index contributed by atoms with van der Waals surface area (Å²) in [6.07, 6.45) is 0. The average Bonchev–Trinajstić information content (AvgIpc) is 2.76. The number of carbonyl (C=O) groups excluding carboxylic acids is 3. The molecular formula is C22H24N4O5. The van der Waals surface area contributed by atoms with Crippen molar-refractivity contribution in [1.82, 2.24) is 16.0 Å². The average molecular weight is 424 g/mol. The lowest BCUT2D eigenvalue weighted by molar-refractivity contribution is -0.125. The number of primary amides is 1. The lowest BCUT2D eigenvalue weighted by atomic mass is 9.88. The highest BCUT2D eigenvalue weighted by Crippen LogP contribution is 2.35. The Balaban J connectivity index is 1.83. The van der Waals surface area contributed by atoms with Crippen LogP contribution in [0.25, 0.3) is 0 Å². The lowest BCUT2D eigenvalue weighted by Crippen LogP contribution is -2.52. The number of urea groups is 1. The van der Waals surface area contributed by atoms with Crippen molar-refractivity contribution < 1.29 is 23.9 Å². The highest BCUT2D eigenvalue weighted by Gasteiger charge is 2.38. The molecule has 1 saturated heterocycles. The standard InChI is InChI=1S/C22H24N4O5/c1-13-19(21(28)24-11-14-6-4-3-5-7-14)20(26-22(29)25-13)15-8-9-16(17(10-15)30-2)31-12-18(23)27/h3-10,19-20H,1,11-12H2,2H3,(H2,23,27)(H,24,28)(H2,25,26,29). The first-order valence-corrected chi connectivity index (χ1v) is 9.56. The molecular weight excluding hydrogens is 400 g/mol. The molecule has 0 aliphatic carbocycles. The van der Waals surface area contributed by atoms with Crippen molar-refractivity contribution in [1.29, 1.82) is 0 Å². The van der Waals surface area contributed by atoms with Gasteiger partial charge < -0.3 is 31.2 Å². The second kappa shape index (κ2) is 9.66. The van der Waals surface area contributed by atoms with Gasteiger partial charge in [-0.1, -0.05) is 43.0 Å². The van der Waals surface area contributed by atoms with Crippen molar-refractivity contribution in [3.8, 4) is 11.5 Å². The molecule has 0 spiro atoms. The van der Waals surface area contributed by atoms with Gasteiger partial charge in [0.1, 0.15) is 5.92 Å². The molecule has 0 aromatic heterocycles. The predicted molar refractivity (Wildman–Crippen MR) is 113 cm³/mol. The fourth-order valence-corrected chi connectivity index (χ4v) is 3.31. The zero-order valence-electron chi connectivity index (χ0n) is 17.0. The third-order valence-corrected chi connectivity index (χ3v) is 4.78. The van der Waals surface area contributed by atoms with Crippen molar-refractivity contribution in [2.45, 2.75) is 12.6 Å². The molecule has 3 rings (SSSR count). The van der Waals surface area contributed by atoms with Crippen LogP contribution in [0.5, 0.6) is 11.5 Å². The van der Waals surface area contributed by atoms with Gasteiger partial charge in [0.05, 0.1) is 13.2 Å². The van der Waals surface area contributed by atoms with Gasteiger partial charge >= 0.3 is 6.03 Å².